The Kier molecular flexibility index (Phi) is 4.20. The van der Waals surface area contributed by atoms with Crippen molar-refractivity contribution in [2.45, 2.75) is 32.1 Å². The minimum atomic E-state index is 0.0770. The van der Waals surface area contributed by atoms with Crippen LogP contribution in [0.3, 0.4) is 0 Å². The first-order valence-electron chi connectivity index (χ1n) is 8.36. The van der Waals surface area contributed by atoms with Crippen molar-refractivity contribution in [2.75, 3.05) is 0 Å². The summed E-state index contributed by atoms with van der Waals surface area (Å²) in [7, 11) is 0. The summed E-state index contributed by atoms with van der Waals surface area (Å²) in [5, 5.41) is 18.7. The number of nitrogens with zero attached hydrogens (tertiary/aromatic N) is 6. The second kappa shape index (κ2) is 6.80. The van der Waals surface area contributed by atoms with Gasteiger partial charge in [-0.1, -0.05) is 12.0 Å². The highest BCUT2D eigenvalue weighted by Gasteiger charge is 2.11. The van der Waals surface area contributed by atoms with Crippen LogP contribution in [0.4, 0.5) is 0 Å². The molecule has 4 rings (SSSR count). The van der Waals surface area contributed by atoms with Gasteiger partial charge in [-0.05, 0) is 31.8 Å². The van der Waals surface area contributed by atoms with E-state index in [1.54, 1.807) is 41.7 Å². The van der Waals surface area contributed by atoms with Gasteiger partial charge in [-0.15, -0.1) is 10.2 Å². The second-order valence-corrected chi connectivity index (χ2v) is 6.09. The minimum absolute atomic E-state index is 0.0770. The van der Waals surface area contributed by atoms with Crippen molar-refractivity contribution in [1.29, 1.82) is 0 Å². The number of aromatic nitrogens is 6. The molecule has 1 fully saturated rings. The van der Waals surface area contributed by atoms with Crippen LogP contribution in [0, 0.1) is 0 Å². The summed E-state index contributed by atoms with van der Waals surface area (Å²) < 4.78 is 1.72. The van der Waals surface area contributed by atoms with Gasteiger partial charge in [0, 0.05) is 24.7 Å². The van der Waals surface area contributed by atoms with E-state index in [0.29, 0.717) is 22.9 Å². The molecule has 0 spiro atoms. The van der Waals surface area contributed by atoms with E-state index in [1.807, 2.05) is 6.08 Å². The first-order chi connectivity index (χ1) is 12.3. The van der Waals surface area contributed by atoms with Gasteiger partial charge in [0.15, 0.2) is 5.82 Å². The molecule has 1 saturated carbocycles. The van der Waals surface area contributed by atoms with Crippen LogP contribution in [0.15, 0.2) is 42.8 Å². The molecule has 0 aromatic carbocycles. The molecule has 0 atom stereocenters. The van der Waals surface area contributed by atoms with Crippen LogP contribution >= 0.6 is 0 Å². The Balaban J connectivity index is 1.57. The van der Waals surface area contributed by atoms with E-state index in [4.69, 9.17) is 0 Å². The van der Waals surface area contributed by atoms with Crippen molar-refractivity contribution < 1.29 is 5.11 Å². The number of hydrogen-bond acceptors (Lipinski definition) is 6. The zero-order valence-electron chi connectivity index (χ0n) is 13.7. The van der Waals surface area contributed by atoms with E-state index in [2.05, 4.69) is 25.1 Å². The SMILES string of the molecule is Oc1cc(-n2ccnc2)ncc1-c1cnc(C=C2CCCCC2)nn1. The van der Waals surface area contributed by atoms with Gasteiger partial charge < -0.3 is 5.11 Å². The maximum Gasteiger partial charge on any atom is 0.174 e. The summed E-state index contributed by atoms with van der Waals surface area (Å²) in [4.78, 5) is 12.7. The third-order valence-electron chi connectivity index (χ3n) is 4.32. The molecule has 1 N–H and O–H groups in total. The Hall–Kier alpha value is -3.09. The lowest BCUT2D eigenvalue weighted by Gasteiger charge is -2.12. The maximum atomic E-state index is 10.3. The fraction of sp³-hybridized carbons (Fsp3) is 0.278. The molecule has 7 nitrogen and oxygen atoms in total. The third kappa shape index (κ3) is 3.40. The van der Waals surface area contributed by atoms with Crippen molar-refractivity contribution in [2.24, 2.45) is 0 Å². The van der Waals surface area contributed by atoms with Gasteiger partial charge in [0.05, 0.1) is 11.8 Å². The lowest BCUT2D eigenvalue weighted by Crippen LogP contribution is -1.99. The number of hydrogen-bond donors (Lipinski definition) is 1. The molecule has 3 aromatic heterocycles. The van der Waals surface area contributed by atoms with Crippen LogP contribution in [-0.4, -0.2) is 34.8 Å². The Bertz CT molecular complexity index is 878. The number of pyridine rings is 1. The quantitative estimate of drug-likeness (QED) is 0.791. The van der Waals surface area contributed by atoms with Crippen molar-refractivity contribution >= 4 is 6.08 Å². The average Bonchev–Trinajstić information content (AvgIpc) is 3.18. The monoisotopic (exact) mass is 334 g/mol. The number of aromatic hydroxyl groups is 1. The Morgan fingerprint density at radius 2 is 1.92 bits per heavy atom. The normalized spacial score (nSPS) is 14.5. The standard InChI is InChI=1S/C18H18N6O/c25-16-9-18(24-7-6-19-12-24)21-10-14(16)15-11-20-17(23-22-15)8-13-4-2-1-3-5-13/h6-12H,1-5H2,(H,21,25). The zero-order chi connectivity index (χ0) is 17.1. The van der Waals surface area contributed by atoms with Crippen molar-refractivity contribution in [3.05, 3.63) is 48.6 Å². The fourth-order valence-electron chi connectivity index (χ4n) is 2.97. The highest BCUT2D eigenvalue weighted by atomic mass is 16.3. The summed E-state index contributed by atoms with van der Waals surface area (Å²) >= 11 is 0. The van der Waals surface area contributed by atoms with Gasteiger partial charge in [-0.2, -0.15) is 0 Å². The second-order valence-electron chi connectivity index (χ2n) is 6.09. The molecule has 0 aliphatic heterocycles. The van der Waals surface area contributed by atoms with E-state index in [0.717, 1.165) is 12.8 Å². The summed E-state index contributed by atoms with van der Waals surface area (Å²) in [6.45, 7) is 0. The van der Waals surface area contributed by atoms with Crippen LogP contribution in [0.2, 0.25) is 0 Å². The third-order valence-corrected chi connectivity index (χ3v) is 4.32. The van der Waals surface area contributed by atoms with E-state index in [1.165, 1.54) is 24.8 Å². The molecule has 0 unspecified atom stereocenters. The highest BCUT2D eigenvalue weighted by Crippen LogP contribution is 2.28. The van der Waals surface area contributed by atoms with E-state index < -0.39 is 0 Å². The molecular weight excluding hydrogens is 316 g/mol. The lowest BCUT2D eigenvalue weighted by atomic mass is 9.95. The first kappa shape index (κ1) is 15.4. The van der Waals surface area contributed by atoms with Gasteiger partial charge in [-0.3, -0.25) is 4.57 Å². The van der Waals surface area contributed by atoms with Crippen molar-refractivity contribution in [3.8, 4) is 22.8 Å². The molecule has 25 heavy (non-hydrogen) atoms. The molecule has 3 aromatic rings. The Morgan fingerprint density at radius 1 is 1.04 bits per heavy atom. The van der Waals surface area contributed by atoms with Crippen molar-refractivity contribution in [3.63, 3.8) is 0 Å². The molecule has 1 aliphatic rings. The molecule has 126 valence electrons. The molecule has 3 heterocycles. The highest BCUT2D eigenvalue weighted by molar-refractivity contribution is 5.66. The molecular formula is C18H18N6O. The number of rotatable bonds is 3. The Morgan fingerprint density at radius 3 is 2.60 bits per heavy atom. The summed E-state index contributed by atoms with van der Waals surface area (Å²) in [6, 6.07) is 1.57. The predicted molar refractivity (Wildman–Crippen MR) is 92.9 cm³/mol. The van der Waals surface area contributed by atoms with Gasteiger partial charge >= 0.3 is 0 Å². The average molecular weight is 334 g/mol. The summed E-state index contributed by atoms with van der Waals surface area (Å²) in [5.74, 6) is 1.27. The molecule has 7 heteroatoms. The van der Waals surface area contributed by atoms with Crippen LogP contribution in [0.25, 0.3) is 23.2 Å². The smallest absolute Gasteiger partial charge is 0.174 e. The Labute approximate surface area is 145 Å². The molecule has 0 amide bonds. The topological polar surface area (TPSA) is 89.6 Å². The van der Waals surface area contributed by atoms with E-state index in [9.17, 15) is 5.11 Å². The summed E-state index contributed by atoms with van der Waals surface area (Å²) in [6.07, 6.45) is 16.3. The number of allylic oxidation sites excluding steroid dienone is 1. The molecule has 0 saturated heterocycles. The van der Waals surface area contributed by atoms with Crippen LogP contribution < -0.4 is 0 Å². The lowest BCUT2D eigenvalue weighted by molar-refractivity contribution is 0.475. The first-order valence-corrected chi connectivity index (χ1v) is 8.36. The van der Waals surface area contributed by atoms with Crippen LogP contribution in [0.5, 0.6) is 5.75 Å². The molecule has 0 bridgehead atoms. The minimum Gasteiger partial charge on any atom is -0.507 e. The van der Waals surface area contributed by atoms with Gasteiger partial charge in [0.1, 0.15) is 23.6 Å². The van der Waals surface area contributed by atoms with Crippen LogP contribution in [0.1, 0.15) is 37.9 Å². The van der Waals surface area contributed by atoms with Crippen molar-refractivity contribution in [1.82, 2.24) is 29.7 Å². The van der Waals surface area contributed by atoms with Gasteiger partial charge in [-0.25, -0.2) is 15.0 Å². The number of imidazole rings is 1. The zero-order valence-corrected chi connectivity index (χ0v) is 13.7. The maximum absolute atomic E-state index is 10.3. The predicted octanol–water partition coefficient (Wildman–Crippen LogP) is 3.17. The van der Waals surface area contributed by atoms with E-state index in [-0.39, 0.29) is 5.75 Å². The summed E-state index contributed by atoms with van der Waals surface area (Å²) in [5.41, 5.74) is 2.38. The fourth-order valence-corrected chi connectivity index (χ4v) is 2.97. The van der Waals surface area contributed by atoms with Crippen LogP contribution in [-0.2, 0) is 0 Å². The largest absolute Gasteiger partial charge is 0.507 e. The van der Waals surface area contributed by atoms with Gasteiger partial charge in [0.25, 0.3) is 0 Å². The van der Waals surface area contributed by atoms with E-state index >= 15 is 0 Å². The molecule has 0 radical (unpaired) electrons. The van der Waals surface area contributed by atoms with Gasteiger partial charge in [0.2, 0.25) is 0 Å². The molecule has 1 aliphatic carbocycles.